The number of halogens is 3. The molecule has 0 aromatic heterocycles. The van der Waals surface area contributed by atoms with Crippen molar-refractivity contribution >= 4 is 111 Å². The highest BCUT2D eigenvalue weighted by Gasteiger charge is 2.28. The molecule has 0 heterocycles. The lowest BCUT2D eigenvalue weighted by Crippen LogP contribution is -2.37. The topological polar surface area (TPSA) is 166 Å². The Kier molecular flexibility index (Phi) is 13.4. The summed E-state index contributed by atoms with van der Waals surface area (Å²) in [5, 5.41) is 7.61. The summed E-state index contributed by atoms with van der Waals surface area (Å²) in [7, 11) is 0. The van der Waals surface area contributed by atoms with Gasteiger partial charge >= 0.3 is 0 Å². The van der Waals surface area contributed by atoms with Crippen molar-refractivity contribution in [3.63, 3.8) is 0 Å². The standard InChI is InChI=1S/C17H16I3N3O9/c18-12-10(16(28)21-1-2-30-6-25)13(19)15(23-5-24)14(20)11(12)17(29)22-3-9(32-8-27)4-31-7-26/h5-9H,1-4H2,(H,21,28)(H,22,29)(H,23,24). The molecule has 1 aromatic carbocycles. The molecule has 0 saturated carbocycles. The van der Waals surface area contributed by atoms with Crippen LogP contribution in [-0.2, 0) is 33.4 Å². The maximum Gasteiger partial charge on any atom is 0.293 e. The third kappa shape index (κ3) is 7.98. The van der Waals surface area contributed by atoms with Crippen molar-refractivity contribution in [2.45, 2.75) is 6.10 Å². The molecule has 1 aromatic rings. The monoisotopic (exact) mass is 787 g/mol. The van der Waals surface area contributed by atoms with E-state index < -0.39 is 17.9 Å². The van der Waals surface area contributed by atoms with E-state index in [1.807, 2.05) is 67.8 Å². The molecule has 1 rings (SSSR count). The number of anilines is 1. The molecule has 0 aliphatic carbocycles. The summed E-state index contributed by atoms with van der Waals surface area (Å²) < 4.78 is 14.9. The first-order chi connectivity index (χ1) is 15.3. The van der Waals surface area contributed by atoms with Crippen LogP contribution in [0.2, 0.25) is 0 Å². The molecule has 15 heteroatoms. The maximum atomic E-state index is 12.9. The highest BCUT2D eigenvalue weighted by molar-refractivity contribution is 14.1. The van der Waals surface area contributed by atoms with Gasteiger partial charge in [-0.25, -0.2) is 0 Å². The second-order valence-corrected chi connectivity index (χ2v) is 8.78. The van der Waals surface area contributed by atoms with Gasteiger partial charge in [0.05, 0.1) is 37.0 Å². The average Bonchev–Trinajstić information content (AvgIpc) is 2.76. The van der Waals surface area contributed by atoms with Gasteiger partial charge < -0.3 is 30.2 Å². The van der Waals surface area contributed by atoms with Crippen LogP contribution in [-0.4, -0.2) is 70.0 Å². The van der Waals surface area contributed by atoms with Gasteiger partial charge in [0.2, 0.25) is 6.41 Å². The zero-order valence-corrected chi connectivity index (χ0v) is 22.5. The fraction of sp³-hybridized carbons (Fsp3) is 0.294. The number of carbonyl (C=O) groups is 6. The molecule has 0 fully saturated rings. The van der Waals surface area contributed by atoms with Gasteiger partial charge in [0.1, 0.15) is 13.2 Å². The molecule has 0 aliphatic heterocycles. The number of rotatable bonds is 15. The van der Waals surface area contributed by atoms with E-state index in [-0.39, 0.29) is 62.5 Å². The van der Waals surface area contributed by atoms with Crippen molar-refractivity contribution in [3.05, 3.63) is 21.8 Å². The van der Waals surface area contributed by atoms with Crippen LogP contribution in [0.3, 0.4) is 0 Å². The SMILES string of the molecule is O=CNc1c(I)c(C(=O)NCCOC=O)c(I)c(C(=O)NCC(COC=O)OC=O)c1I. The summed E-state index contributed by atoms with van der Waals surface area (Å²) in [5.41, 5.74) is 0.495. The van der Waals surface area contributed by atoms with E-state index in [4.69, 9.17) is 4.74 Å². The molecule has 174 valence electrons. The average molecular weight is 787 g/mol. The third-order valence-corrected chi connectivity index (χ3v) is 6.87. The Bertz CT molecular complexity index is 883. The summed E-state index contributed by atoms with van der Waals surface area (Å²) >= 11 is 5.58. The van der Waals surface area contributed by atoms with Crippen LogP contribution in [0, 0.1) is 10.7 Å². The lowest BCUT2D eigenvalue weighted by molar-refractivity contribution is -0.142. The second kappa shape index (κ2) is 15.1. The first kappa shape index (κ1) is 28.3. The summed E-state index contributed by atoms with van der Waals surface area (Å²) in [5.74, 6) is -1.16. The van der Waals surface area contributed by atoms with E-state index in [0.29, 0.717) is 17.1 Å². The molecule has 3 N–H and O–H groups in total. The predicted octanol–water partition coefficient (Wildman–Crippen LogP) is 0.416. The Labute approximate surface area is 222 Å². The Morgan fingerprint density at radius 2 is 1.44 bits per heavy atom. The van der Waals surface area contributed by atoms with Crippen LogP contribution < -0.4 is 16.0 Å². The van der Waals surface area contributed by atoms with Crippen molar-refractivity contribution < 1.29 is 43.0 Å². The van der Waals surface area contributed by atoms with Crippen LogP contribution in [0.4, 0.5) is 5.69 Å². The number of benzene rings is 1. The highest BCUT2D eigenvalue weighted by atomic mass is 127. The Morgan fingerprint density at radius 1 is 0.844 bits per heavy atom. The predicted molar refractivity (Wildman–Crippen MR) is 134 cm³/mol. The second-order valence-electron chi connectivity index (χ2n) is 5.55. The van der Waals surface area contributed by atoms with Crippen molar-refractivity contribution in [2.24, 2.45) is 0 Å². The van der Waals surface area contributed by atoms with E-state index in [1.165, 1.54) is 0 Å². The van der Waals surface area contributed by atoms with Crippen LogP contribution in [0.25, 0.3) is 0 Å². The largest absolute Gasteiger partial charge is 0.466 e. The molecule has 0 aliphatic rings. The minimum atomic E-state index is -0.922. The first-order valence-electron chi connectivity index (χ1n) is 8.50. The zero-order valence-electron chi connectivity index (χ0n) is 16.0. The minimum absolute atomic E-state index is 0.0368. The molecular formula is C17H16I3N3O9. The molecule has 3 amide bonds. The number of hydrogen-bond donors (Lipinski definition) is 3. The lowest BCUT2D eigenvalue weighted by atomic mass is 10.1. The van der Waals surface area contributed by atoms with Gasteiger partial charge in [-0.2, -0.15) is 0 Å². The van der Waals surface area contributed by atoms with Crippen LogP contribution in [0.5, 0.6) is 0 Å². The van der Waals surface area contributed by atoms with Crippen molar-refractivity contribution in [3.8, 4) is 0 Å². The normalized spacial score (nSPS) is 10.8. The molecule has 1 unspecified atom stereocenters. The third-order valence-electron chi connectivity index (χ3n) is 3.64. The van der Waals surface area contributed by atoms with Gasteiger partial charge in [-0.3, -0.25) is 28.8 Å². The van der Waals surface area contributed by atoms with Crippen LogP contribution in [0.15, 0.2) is 0 Å². The zero-order chi connectivity index (χ0) is 24.1. The van der Waals surface area contributed by atoms with Gasteiger partial charge in [-0.05, 0) is 67.8 Å². The fourth-order valence-corrected chi connectivity index (χ4v) is 6.73. The van der Waals surface area contributed by atoms with E-state index in [2.05, 4.69) is 25.4 Å². The minimum Gasteiger partial charge on any atom is -0.466 e. The number of nitrogens with one attached hydrogen (secondary N) is 3. The molecule has 0 radical (unpaired) electrons. The Balaban J connectivity index is 3.27. The Morgan fingerprint density at radius 3 is 1.97 bits per heavy atom. The number of ether oxygens (including phenoxy) is 3. The van der Waals surface area contributed by atoms with E-state index >= 15 is 0 Å². The molecule has 32 heavy (non-hydrogen) atoms. The quantitative estimate of drug-likeness (QED) is 0.0989. The van der Waals surface area contributed by atoms with Crippen molar-refractivity contribution in [1.82, 2.24) is 10.6 Å². The van der Waals surface area contributed by atoms with E-state index in [9.17, 15) is 28.8 Å². The Hall–Kier alpha value is -1.77. The molecule has 0 bridgehead atoms. The summed E-state index contributed by atoms with van der Waals surface area (Å²) in [6, 6.07) is 0. The van der Waals surface area contributed by atoms with Gasteiger partial charge in [-0.15, -0.1) is 0 Å². The van der Waals surface area contributed by atoms with Crippen LogP contribution >= 0.6 is 67.8 Å². The smallest absolute Gasteiger partial charge is 0.293 e. The molecule has 12 nitrogen and oxygen atoms in total. The van der Waals surface area contributed by atoms with Crippen molar-refractivity contribution in [1.29, 1.82) is 0 Å². The number of amides is 3. The number of hydrogen-bond acceptors (Lipinski definition) is 9. The molecule has 0 spiro atoms. The van der Waals surface area contributed by atoms with E-state index in [1.54, 1.807) is 0 Å². The maximum absolute atomic E-state index is 12.9. The fourth-order valence-electron chi connectivity index (χ4n) is 2.27. The van der Waals surface area contributed by atoms with Crippen LogP contribution in [0.1, 0.15) is 20.7 Å². The molecule has 0 saturated heterocycles. The molecule has 1 atom stereocenters. The number of carbonyl (C=O) groups excluding carboxylic acids is 6. The summed E-state index contributed by atoms with van der Waals surface area (Å²) in [6.45, 7) is 0.140. The molecular weight excluding hydrogens is 771 g/mol. The summed E-state index contributed by atoms with van der Waals surface area (Å²) in [4.78, 5) is 68.0. The van der Waals surface area contributed by atoms with Gasteiger partial charge in [0.25, 0.3) is 31.2 Å². The summed E-state index contributed by atoms with van der Waals surface area (Å²) in [6.07, 6.45) is -0.507. The van der Waals surface area contributed by atoms with Gasteiger partial charge in [0.15, 0.2) is 6.10 Å². The van der Waals surface area contributed by atoms with Gasteiger partial charge in [0, 0.05) is 3.57 Å². The van der Waals surface area contributed by atoms with E-state index in [0.717, 1.165) is 0 Å². The van der Waals surface area contributed by atoms with Gasteiger partial charge in [-0.1, -0.05) is 0 Å². The first-order valence-corrected chi connectivity index (χ1v) is 11.7. The van der Waals surface area contributed by atoms with Crippen molar-refractivity contribution in [2.75, 3.05) is 31.6 Å². The highest BCUT2D eigenvalue weighted by Crippen LogP contribution is 2.35. The lowest BCUT2D eigenvalue weighted by Gasteiger charge is -2.19.